The highest BCUT2D eigenvalue weighted by Crippen LogP contribution is 2.23. The van der Waals surface area contributed by atoms with Crippen molar-refractivity contribution >= 4 is 33.3 Å². The van der Waals surface area contributed by atoms with Crippen LogP contribution in [-0.4, -0.2) is 18.4 Å². The summed E-state index contributed by atoms with van der Waals surface area (Å²) in [5.41, 5.74) is 5.52. The fourth-order valence-corrected chi connectivity index (χ4v) is 2.50. The summed E-state index contributed by atoms with van der Waals surface area (Å²) in [6.07, 6.45) is 2.14. The van der Waals surface area contributed by atoms with Gasteiger partial charge in [-0.15, -0.1) is 0 Å². The summed E-state index contributed by atoms with van der Waals surface area (Å²) in [6.45, 7) is 0. The number of hydrogen-bond acceptors (Lipinski definition) is 6. The van der Waals surface area contributed by atoms with E-state index in [0.29, 0.717) is 5.02 Å². The van der Waals surface area contributed by atoms with Crippen LogP contribution in [0.1, 0.15) is 5.56 Å². The molecule has 0 radical (unpaired) electrons. The lowest BCUT2D eigenvalue weighted by Gasteiger charge is -2.09. The molecule has 0 unspecified atom stereocenters. The average Bonchev–Trinajstić information content (AvgIpc) is 2.39. The smallest absolute Gasteiger partial charge is 0.265 e. The minimum Gasteiger partial charge on any atom is -0.368 e. The number of hydrogen-bond donors (Lipinski definition) is 2. The first-order valence-corrected chi connectivity index (χ1v) is 7.08. The van der Waals surface area contributed by atoms with Gasteiger partial charge in [-0.1, -0.05) is 11.6 Å². The van der Waals surface area contributed by atoms with Crippen LogP contribution in [-0.2, 0) is 10.0 Å². The summed E-state index contributed by atoms with van der Waals surface area (Å²) < 4.78 is 26.5. The van der Waals surface area contributed by atoms with Crippen molar-refractivity contribution < 1.29 is 8.42 Å². The second-order valence-electron chi connectivity index (χ2n) is 3.68. The Morgan fingerprint density at radius 3 is 2.55 bits per heavy atom. The molecule has 0 atom stereocenters. The monoisotopic (exact) mass is 309 g/mol. The molecule has 0 amide bonds. The number of aromatic nitrogens is 2. The van der Waals surface area contributed by atoms with Crippen LogP contribution >= 0.6 is 11.6 Å². The SMILES string of the molecule is N#Cc1ccc(Cl)cc1NS(=O)(=O)c1cnc(N)nc1. The molecule has 0 saturated heterocycles. The molecule has 0 spiro atoms. The van der Waals surface area contributed by atoms with E-state index in [2.05, 4.69) is 14.7 Å². The Morgan fingerprint density at radius 2 is 1.95 bits per heavy atom. The van der Waals surface area contributed by atoms with Crippen LogP contribution in [0, 0.1) is 11.3 Å². The van der Waals surface area contributed by atoms with Gasteiger partial charge in [0.05, 0.1) is 23.6 Å². The summed E-state index contributed by atoms with van der Waals surface area (Å²) in [7, 11) is -3.92. The quantitative estimate of drug-likeness (QED) is 0.883. The van der Waals surface area contributed by atoms with E-state index in [9.17, 15) is 8.42 Å². The molecular formula is C11H8ClN5O2S. The molecule has 20 heavy (non-hydrogen) atoms. The number of rotatable bonds is 3. The fraction of sp³-hybridized carbons (Fsp3) is 0. The van der Waals surface area contributed by atoms with Gasteiger partial charge in [0.25, 0.3) is 10.0 Å². The van der Waals surface area contributed by atoms with Crippen LogP contribution in [0.25, 0.3) is 0 Å². The maximum absolute atomic E-state index is 12.1. The lowest BCUT2D eigenvalue weighted by Crippen LogP contribution is -2.14. The van der Waals surface area contributed by atoms with Gasteiger partial charge in [0, 0.05) is 5.02 Å². The van der Waals surface area contributed by atoms with Gasteiger partial charge in [-0.3, -0.25) is 4.72 Å². The van der Waals surface area contributed by atoms with Crippen molar-refractivity contribution in [2.75, 3.05) is 10.5 Å². The molecule has 9 heteroatoms. The molecule has 102 valence electrons. The van der Waals surface area contributed by atoms with Gasteiger partial charge in [0.1, 0.15) is 11.0 Å². The summed E-state index contributed by atoms with van der Waals surface area (Å²) >= 11 is 5.78. The molecule has 0 aliphatic carbocycles. The molecule has 3 N–H and O–H groups in total. The lowest BCUT2D eigenvalue weighted by molar-refractivity contribution is 0.600. The topological polar surface area (TPSA) is 122 Å². The van der Waals surface area contributed by atoms with Gasteiger partial charge in [-0.05, 0) is 18.2 Å². The molecule has 2 aromatic rings. The Labute approximate surface area is 120 Å². The van der Waals surface area contributed by atoms with Crippen molar-refractivity contribution in [1.82, 2.24) is 9.97 Å². The lowest BCUT2D eigenvalue weighted by atomic mass is 10.2. The van der Waals surface area contributed by atoms with Crippen molar-refractivity contribution in [3.8, 4) is 6.07 Å². The zero-order valence-corrected chi connectivity index (χ0v) is 11.5. The number of nitriles is 1. The van der Waals surface area contributed by atoms with Crippen molar-refractivity contribution in [2.24, 2.45) is 0 Å². The molecule has 2 rings (SSSR count). The zero-order valence-electron chi connectivity index (χ0n) is 9.91. The predicted octanol–water partition coefficient (Wildman–Crippen LogP) is 1.38. The minimum absolute atomic E-state index is 0.0376. The molecule has 0 aliphatic rings. The van der Waals surface area contributed by atoms with Crippen LogP contribution in [0.15, 0.2) is 35.5 Å². The van der Waals surface area contributed by atoms with Gasteiger partial charge >= 0.3 is 0 Å². The second kappa shape index (κ2) is 5.32. The van der Waals surface area contributed by atoms with Crippen LogP contribution in [0.2, 0.25) is 5.02 Å². The average molecular weight is 310 g/mol. The molecular weight excluding hydrogens is 302 g/mol. The Kier molecular flexibility index (Phi) is 3.74. The van der Waals surface area contributed by atoms with E-state index in [0.717, 1.165) is 12.4 Å². The summed E-state index contributed by atoms with van der Waals surface area (Å²) in [5.74, 6) is -0.0376. The standard InChI is InChI=1S/C11H8ClN5O2S/c12-8-2-1-7(4-13)10(3-8)17-20(18,19)9-5-15-11(14)16-6-9/h1-3,5-6,17H,(H2,14,15,16). The third-order valence-corrected chi connectivity index (χ3v) is 3.86. The van der Waals surface area contributed by atoms with Crippen molar-refractivity contribution in [2.45, 2.75) is 4.90 Å². The highest BCUT2D eigenvalue weighted by atomic mass is 35.5. The maximum Gasteiger partial charge on any atom is 0.265 e. The first-order valence-electron chi connectivity index (χ1n) is 5.22. The summed E-state index contributed by atoms with van der Waals surface area (Å²) in [6, 6.07) is 6.12. The summed E-state index contributed by atoms with van der Waals surface area (Å²) in [5, 5.41) is 9.25. The minimum atomic E-state index is -3.92. The third kappa shape index (κ3) is 2.96. The molecule has 1 aromatic heterocycles. The van der Waals surface area contributed by atoms with E-state index in [1.165, 1.54) is 18.2 Å². The van der Waals surface area contributed by atoms with Gasteiger partial charge in [0.2, 0.25) is 5.95 Å². The zero-order chi connectivity index (χ0) is 14.8. The molecule has 0 bridgehead atoms. The molecule has 7 nitrogen and oxygen atoms in total. The van der Waals surface area contributed by atoms with Gasteiger partial charge in [-0.2, -0.15) is 5.26 Å². The number of nitrogens with two attached hydrogens (primary N) is 1. The highest BCUT2D eigenvalue weighted by Gasteiger charge is 2.17. The molecule has 0 aliphatic heterocycles. The highest BCUT2D eigenvalue weighted by molar-refractivity contribution is 7.92. The number of nitrogens with zero attached hydrogens (tertiary/aromatic N) is 3. The first kappa shape index (κ1) is 14.0. The first-order chi connectivity index (χ1) is 9.42. The van der Waals surface area contributed by atoms with E-state index < -0.39 is 10.0 Å². The molecule has 1 heterocycles. The Hall–Kier alpha value is -2.37. The molecule has 0 saturated carbocycles. The number of nitrogens with one attached hydrogen (secondary N) is 1. The van der Waals surface area contributed by atoms with E-state index in [-0.39, 0.29) is 22.1 Å². The van der Waals surface area contributed by atoms with Gasteiger partial charge < -0.3 is 5.73 Å². The predicted molar refractivity (Wildman–Crippen MR) is 73.4 cm³/mol. The molecule has 1 aromatic carbocycles. The van der Waals surface area contributed by atoms with Crippen LogP contribution in [0.3, 0.4) is 0 Å². The van der Waals surface area contributed by atoms with Crippen LogP contribution < -0.4 is 10.5 Å². The van der Waals surface area contributed by atoms with E-state index in [1.54, 1.807) is 0 Å². The number of anilines is 2. The summed E-state index contributed by atoms with van der Waals surface area (Å²) in [4.78, 5) is 7.04. The van der Waals surface area contributed by atoms with Gasteiger partial charge in [-0.25, -0.2) is 18.4 Å². The maximum atomic E-state index is 12.1. The van der Waals surface area contributed by atoms with E-state index >= 15 is 0 Å². The normalized spacial score (nSPS) is 10.8. The van der Waals surface area contributed by atoms with Crippen molar-refractivity contribution in [1.29, 1.82) is 5.26 Å². The van der Waals surface area contributed by atoms with Gasteiger partial charge in [0.15, 0.2) is 0 Å². The third-order valence-electron chi connectivity index (χ3n) is 2.30. The fourth-order valence-electron chi connectivity index (χ4n) is 1.37. The number of nitrogen functional groups attached to an aromatic ring is 1. The van der Waals surface area contributed by atoms with Crippen molar-refractivity contribution in [3.05, 3.63) is 41.2 Å². The Bertz CT molecular complexity index is 783. The van der Waals surface area contributed by atoms with Crippen LogP contribution in [0.5, 0.6) is 0 Å². The number of sulfonamides is 1. The van der Waals surface area contributed by atoms with E-state index in [4.69, 9.17) is 22.6 Å². The van der Waals surface area contributed by atoms with Crippen LogP contribution in [0.4, 0.5) is 11.6 Å². The molecule has 0 fully saturated rings. The number of halogens is 1. The Morgan fingerprint density at radius 1 is 1.30 bits per heavy atom. The second-order valence-corrected chi connectivity index (χ2v) is 5.80. The Balaban J connectivity index is 2.41. The largest absolute Gasteiger partial charge is 0.368 e. The van der Waals surface area contributed by atoms with E-state index in [1.807, 2.05) is 6.07 Å². The number of benzene rings is 1. The van der Waals surface area contributed by atoms with Crippen molar-refractivity contribution in [3.63, 3.8) is 0 Å².